The lowest BCUT2D eigenvalue weighted by Gasteiger charge is -2.35. The van der Waals surface area contributed by atoms with E-state index in [1.54, 1.807) is 25.1 Å². The molecule has 0 amide bonds. The van der Waals surface area contributed by atoms with Gasteiger partial charge in [0.1, 0.15) is 11.6 Å². The molecule has 1 saturated heterocycles. The standard InChI is InChI=1S/C17H23N5O3S/c1-3-26(24,25)22-9-7-21(8-10-22)16-15(12(2)19-17(18)20-16)13-5-4-6-14(23)11-13/h4-6,11,23H,3,7-10H2,1-2H3,(H2,18,19,20). The molecule has 2 heterocycles. The highest BCUT2D eigenvalue weighted by Gasteiger charge is 2.28. The van der Waals surface area contributed by atoms with Gasteiger partial charge in [-0.25, -0.2) is 13.4 Å². The van der Waals surface area contributed by atoms with Crippen LogP contribution in [0.2, 0.25) is 0 Å². The van der Waals surface area contributed by atoms with Crippen molar-refractivity contribution in [1.29, 1.82) is 0 Å². The quantitative estimate of drug-likeness (QED) is 0.823. The van der Waals surface area contributed by atoms with Crippen LogP contribution in [0.5, 0.6) is 5.75 Å². The molecule has 1 fully saturated rings. The van der Waals surface area contributed by atoms with E-state index in [0.29, 0.717) is 37.7 Å². The Kier molecular flexibility index (Phi) is 5.01. The summed E-state index contributed by atoms with van der Waals surface area (Å²) in [5.41, 5.74) is 8.15. The summed E-state index contributed by atoms with van der Waals surface area (Å²) in [6.07, 6.45) is 0. The third-order valence-corrected chi connectivity index (χ3v) is 6.40. The van der Waals surface area contributed by atoms with E-state index in [2.05, 4.69) is 9.97 Å². The summed E-state index contributed by atoms with van der Waals surface area (Å²) < 4.78 is 25.6. The Labute approximate surface area is 153 Å². The fourth-order valence-electron chi connectivity index (χ4n) is 3.17. The van der Waals surface area contributed by atoms with Gasteiger partial charge in [0, 0.05) is 31.7 Å². The zero-order valence-corrected chi connectivity index (χ0v) is 15.7. The summed E-state index contributed by atoms with van der Waals surface area (Å²) >= 11 is 0. The molecule has 8 nitrogen and oxygen atoms in total. The summed E-state index contributed by atoms with van der Waals surface area (Å²) in [7, 11) is -3.19. The molecule has 0 spiro atoms. The van der Waals surface area contributed by atoms with Crippen LogP contribution in [0.15, 0.2) is 24.3 Å². The number of aromatic hydroxyl groups is 1. The largest absolute Gasteiger partial charge is 0.508 e. The molecule has 0 unspecified atom stereocenters. The highest BCUT2D eigenvalue weighted by molar-refractivity contribution is 7.89. The Balaban J connectivity index is 1.96. The van der Waals surface area contributed by atoms with Crippen molar-refractivity contribution in [2.45, 2.75) is 13.8 Å². The van der Waals surface area contributed by atoms with Crippen molar-refractivity contribution in [1.82, 2.24) is 14.3 Å². The number of phenolic OH excluding ortho intramolecular Hbond substituents is 1. The van der Waals surface area contributed by atoms with E-state index in [-0.39, 0.29) is 17.5 Å². The second-order valence-corrected chi connectivity index (χ2v) is 8.46. The van der Waals surface area contributed by atoms with E-state index < -0.39 is 10.0 Å². The van der Waals surface area contributed by atoms with Crippen LogP contribution in [-0.2, 0) is 10.0 Å². The number of nitrogens with zero attached hydrogens (tertiary/aromatic N) is 4. The van der Waals surface area contributed by atoms with Crippen LogP contribution in [0, 0.1) is 6.92 Å². The number of hydrogen-bond acceptors (Lipinski definition) is 7. The Morgan fingerprint density at radius 3 is 2.50 bits per heavy atom. The van der Waals surface area contributed by atoms with Crippen molar-refractivity contribution in [3.63, 3.8) is 0 Å². The molecule has 1 aromatic heterocycles. The monoisotopic (exact) mass is 377 g/mol. The zero-order valence-electron chi connectivity index (χ0n) is 14.9. The number of aromatic nitrogens is 2. The summed E-state index contributed by atoms with van der Waals surface area (Å²) in [4.78, 5) is 10.7. The van der Waals surface area contributed by atoms with Gasteiger partial charge in [-0.2, -0.15) is 9.29 Å². The molecular formula is C17H23N5O3S. The molecule has 1 aromatic carbocycles. The maximum atomic E-state index is 12.1. The molecule has 0 bridgehead atoms. The highest BCUT2D eigenvalue weighted by atomic mass is 32.2. The van der Waals surface area contributed by atoms with E-state index >= 15 is 0 Å². The fraction of sp³-hybridized carbons (Fsp3) is 0.412. The predicted molar refractivity (Wildman–Crippen MR) is 102 cm³/mol. The van der Waals surface area contributed by atoms with Crippen LogP contribution in [0.1, 0.15) is 12.6 Å². The third kappa shape index (κ3) is 3.58. The second-order valence-electron chi connectivity index (χ2n) is 6.20. The number of aryl methyl sites for hydroxylation is 1. The first-order valence-corrected chi connectivity index (χ1v) is 10.1. The number of rotatable bonds is 4. The maximum absolute atomic E-state index is 12.1. The second kappa shape index (κ2) is 7.08. The molecule has 9 heteroatoms. The molecule has 0 radical (unpaired) electrons. The number of piperazine rings is 1. The summed E-state index contributed by atoms with van der Waals surface area (Å²) in [5, 5.41) is 9.82. The van der Waals surface area contributed by atoms with Crippen LogP contribution in [0.3, 0.4) is 0 Å². The van der Waals surface area contributed by atoms with Gasteiger partial charge < -0.3 is 15.7 Å². The average Bonchev–Trinajstić information content (AvgIpc) is 2.61. The van der Waals surface area contributed by atoms with E-state index in [1.165, 1.54) is 4.31 Å². The van der Waals surface area contributed by atoms with E-state index in [9.17, 15) is 13.5 Å². The first-order valence-electron chi connectivity index (χ1n) is 8.48. The molecule has 3 N–H and O–H groups in total. The smallest absolute Gasteiger partial charge is 0.222 e. The molecule has 0 atom stereocenters. The minimum Gasteiger partial charge on any atom is -0.508 e. The van der Waals surface area contributed by atoms with Gasteiger partial charge in [-0.05, 0) is 31.5 Å². The minimum atomic E-state index is -3.19. The van der Waals surface area contributed by atoms with Gasteiger partial charge in [-0.3, -0.25) is 0 Å². The number of benzene rings is 1. The number of hydrogen-bond donors (Lipinski definition) is 2. The van der Waals surface area contributed by atoms with Crippen LogP contribution >= 0.6 is 0 Å². The number of nitrogens with two attached hydrogens (primary N) is 1. The maximum Gasteiger partial charge on any atom is 0.222 e. The van der Waals surface area contributed by atoms with Crippen molar-refractivity contribution in [3.8, 4) is 16.9 Å². The van der Waals surface area contributed by atoms with Gasteiger partial charge in [-0.15, -0.1) is 0 Å². The average molecular weight is 377 g/mol. The first-order chi connectivity index (χ1) is 12.3. The van der Waals surface area contributed by atoms with Gasteiger partial charge in [0.15, 0.2) is 0 Å². The lowest BCUT2D eigenvalue weighted by Crippen LogP contribution is -2.49. The molecule has 0 saturated carbocycles. The first kappa shape index (κ1) is 18.4. The van der Waals surface area contributed by atoms with E-state index in [4.69, 9.17) is 5.73 Å². The van der Waals surface area contributed by atoms with Crippen molar-refractivity contribution < 1.29 is 13.5 Å². The lowest BCUT2D eigenvalue weighted by molar-refractivity contribution is 0.384. The van der Waals surface area contributed by atoms with Crippen molar-refractivity contribution in [2.24, 2.45) is 0 Å². The third-order valence-electron chi connectivity index (χ3n) is 4.52. The lowest BCUT2D eigenvalue weighted by atomic mass is 10.0. The molecule has 1 aliphatic rings. The van der Waals surface area contributed by atoms with E-state index in [1.807, 2.05) is 17.9 Å². The van der Waals surface area contributed by atoms with Crippen LogP contribution in [0.4, 0.5) is 11.8 Å². The molecule has 140 valence electrons. The van der Waals surface area contributed by atoms with Gasteiger partial charge in [0.25, 0.3) is 0 Å². The molecule has 3 rings (SSSR count). The number of phenols is 1. The predicted octanol–water partition coefficient (Wildman–Crippen LogP) is 1.21. The van der Waals surface area contributed by atoms with Crippen LogP contribution in [-0.4, -0.2) is 59.7 Å². The van der Waals surface area contributed by atoms with Crippen molar-refractivity contribution in [3.05, 3.63) is 30.0 Å². The van der Waals surface area contributed by atoms with Gasteiger partial charge in [0.2, 0.25) is 16.0 Å². The molecule has 0 aliphatic carbocycles. The normalized spacial score (nSPS) is 16.0. The molecule has 1 aliphatic heterocycles. The highest BCUT2D eigenvalue weighted by Crippen LogP contribution is 2.34. The molecule has 26 heavy (non-hydrogen) atoms. The topological polar surface area (TPSA) is 113 Å². The summed E-state index contributed by atoms with van der Waals surface area (Å²) in [6, 6.07) is 6.90. The number of anilines is 2. The van der Waals surface area contributed by atoms with Gasteiger partial charge in [0.05, 0.1) is 11.4 Å². The SMILES string of the molecule is CCS(=O)(=O)N1CCN(c2nc(N)nc(C)c2-c2cccc(O)c2)CC1. The minimum absolute atomic E-state index is 0.0983. The fourth-order valence-corrected chi connectivity index (χ4v) is 4.25. The van der Waals surface area contributed by atoms with Gasteiger partial charge in [-0.1, -0.05) is 12.1 Å². The zero-order chi connectivity index (χ0) is 18.9. The Bertz CT molecular complexity index is 909. The molecule has 2 aromatic rings. The Hall–Kier alpha value is -2.39. The van der Waals surface area contributed by atoms with Gasteiger partial charge >= 0.3 is 0 Å². The van der Waals surface area contributed by atoms with Crippen LogP contribution in [0.25, 0.3) is 11.1 Å². The summed E-state index contributed by atoms with van der Waals surface area (Å²) in [6.45, 7) is 5.33. The van der Waals surface area contributed by atoms with E-state index in [0.717, 1.165) is 11.1 Å². The Morgan fingerprint density at radius 1 is 1.19 bits per heavy atom. The Morgan fingerprint density at radius 2 is 1.88 bits per heavy atom. The number of nitrogen functional groups attached to an aromatic ring is 1. The number of sulfonamides is 1. The molecular weight excluding hydrogens is 354 g/mol. The van der Waals surface area contributed by atoms with Crippen molar-refractivity contribution >= 4 is 21.8 Å². The van der Waals surface area contributed by atoms with Crippen molar-refractivity contribution in [2.75, 3.05) is 42.6 Å². The summed E-state index contributed by atoms with van der Waals surface area (Å²) in [5.74, 6) is 1.09. The van der Waals surface area contributed by atoms with Crippen LogP contribution < -0.4 is 10.6 Å².